The van der Waals surface area contributed by atoms with E-state index in [-0.39, 0.29) is 18.0 Å². The Kier molecular flexibility index (Phi) is 3.50. The van der Waals surface area contributed by atoms with Gasteiger partial charge in [-0.25, -0.2) is 0 Å². The molecule has 1 atom stereocenters. The lowest BCUT2D eigenvalue weighted by molar-refractivity contribution is -0.128. The molecule has 0 aliphatic rings. The molecule has 1 aromatic carbocycles. The van der Waals surface area contributed by atoms with Crippen molar-refractivity contribution in [2.45, 2.75) is 32.9 Å². The van der Waals surface area contributed by atoms with Crippen molar-refractivity contribution in [1.29, 1.82) is 0 Å². The zero-order valence-corrected chi connectivity index (χ0v) is 10.6. The minimum Gasteiger partial charge on any atom is -0.437 e. The van der Waals surface area contributed by atoms with E-state index in [2.05, 4.69) is 10.3 Å². The Hall–Kier alpha value is -2.04. The molecule has 0 bridgehead atoms. The summed E-state index contributed by atoms with van der Waals surface area (Å²) < 4.78 is 10.8. The predicted molar refractivity (Wildman–Crippen MR) is 67.4 cm³/mol. The molecule has 1 N–H and O–H groups in total. The first-order valence-corrected chi connectivity index (χ1v) is 5.89. The summed E-state index contributed by atoms with van der Waals surface area (Å²) in [6.45, 7) is 5.45. The molecule has 96 valence electrons. The third-order valence-electron chi connectivity index (χ3n) is 2.35. The van der Waals surface area contributed by atoms with Gasteiger partial charge in [0.15, 0.2) is 11.7 Å². The minimum absolute atomic E-state index is 0.0761. The van der Waals surface area contributed by atoms with Crippen LogP contribution in [0.5, 0.6) is 6.08 Å². The molecule has 0 saturated carbocycles. The predicted octanol–water partition coefficient (Wildman–Crippen LogP) is 2.12. The van der Waals surface area contributed by atoms with E-state index in [0.717, 1.165) is 0 Å². The van der Waals surface area contributed by atoms with E-state index < -0.39 is 6.10 Å². The van der Waals surface area contributed by atoms with E-state index in [0.29, 0.717) is 11.1 Å². The van der Waals surface area contributed by atoms with Crippen LogP contribution in [0.25, 0.3) is 11.1 Å². The van der Waals surface area contributed by atoms with Gasteiger partial charge in [0.1, 0.15) is 5.52 Å². The maximum absolute atomic E-state index is 11.7. The normalized spacial score (nSPS) is 12.7. The second-order valence-electron chi connectivity index (χ2n) is 4.37. The summed E-state index contributed by atoms with van der Waals surface area (Å²) in [4.78, 5) is 15.8. The van der Waals surface area contributed by atoms with Crippen molar-refractivity contribution in [3.63, 3.8) is 0 Å². The van der Waals surface area contributed by atoms with E-state index in [1.54, 1.807) is 13.0 Å². The van der Waals surface area contributed by atoms with Crippen LogP contribution in [0, 0.1) is 0 Å². The summed E-state index contributed by atoms with van der Waals surface area (Å²) in [5.74, 6) is -0.188. The van der Waals surface area contributed by atoms with Gasteiger partial charge < -0.3 is 14.5 Å². The average Bonchev–Trinajstić information content (AvgIpc) is 2.69. The fraction of sp³-hybridized carbons (Fsp3) is 0.385. The first kappa shape index (κ1) is 12.4. The number of benzene rings is 1. The van der Waals surface area contributed by atoms with Crippen molar-refractivity contribution in [2.24, 2.45) is 0 Å². The molecule has 0 saturated heterocycles. The lowest BCUT2D eigenvalue weighted by atomic mass is 10.3. The van der Waals surface area contributed by atoms with E-state index in [1.807, 2.05) is 32.0 Å². The van der Waals surface area contributed by atoms with E-state index in [9.17, 15) is 4.79 Å². The first-order chi connectivity index (χ1) is 8.56. The highest BCUT2D eigenvalue weighted by molar-refractivity contribution is 5.81. The number of rotatable bonds is 4. The third kappa shape index (κ3) is 2.80. The Morgan fingerprint density at radius 2 is 2.06 bits per heavy atom. The number of nitrogens with one attached hydrogen (secondary N) is 1. The van der Waals surface area contributed by atoms with Gasteiger partial charge in [0.2, 0.25) is 0 Å². The smallest absolute Gasteiger partial charge is 0.395 e. The van der Waals surface area contributed by atoms with Crippen molar-refractivity contribution < 1.29 is 13.9 Å². The van der Waals surface area contributed by atoms with Crippen LogP contribution in [-0.4, -0.2) is 23.0 Å². The number of nitrogens with zero attached hydrogens (tertiary/aromatic N) is 1. The van der Waals surface area contributed by atoms with Crippen LogP contribution in [0.3, 0.4) is 0 Å². The number of amides is 1. The number of oxazole rings is 1. The molecular formula is C13H16N2O3. The van der Waals surface area contributed by atoms with Gasteiger partial charge in [-0.2, -0.15) is 4.98 Å². The Morgan fingerprint density at radius 3 is 2.72 bits per heavy atom. The van der Waals surface area contributed by atoms with E-state index >= 15 is 0 Å². The summed E-state index contributed by atoms with van der Waals surface area (Å²) in [6, 6.07) is 7.42. The Bertz CT molecular complexity index is 515. The first-order valence-electron chi connectivity index (χ1n) is 5.89. The lowest BCUT2D eigenvalue weighted by Gasteiger charge is -2.13. The number of carbonyl (C=O) groups excluding carboxylic acids is 1. The quantitative estimate of drug-likeness (QED) is 0.900. The molecule has 2 rings (SSSR count). The maximum Gasteiger partial charge on any atom is 0.395 e. The molecule has 1 amide bonds. The molecule has 0 aliphatic carbocycles. The number of aromatic nitrogens is 1. The summed E-state index contributed by atoms with van der Waals surface area (Å²) in [6.07, 6.45) is -0.525. The Morgan fingerprint density at radius 1 is 1.33 bits per heavy atom. The third-order valence-corrected chi connectivity index (χ3v) is 2.35. The fourth-order valence-electron chi connectivity index (χ4n) is 1.51. The number of fused-ring (bicyclic) bond motifs is 1. The van der Waals surface area contributed by atoms with Crippen LogP contribution < -0.4 is 10.1 Å². The molecule has 18 heavy (non-hydrogen) atoms. The summed E-state index contributed by atoms with van der Waals surface area (Å²) >= 11 is 0. The molecule has 2 aromatic rings. The number of para-hydroxylation sites is 2. The van der Waals surface area contributed by atoms with Gasteiger partial charge in [-0.05, 0) is 32.9 Å². The molecular weight excluding hydrogens is 232 g/mol. The maximum atomic E-state index is 11.7. The molecule has 1 heterocycles. The number of carbonyl (C=O) groups is 1. The van der Waals surface area contributed by atoms with Crippen LogP contribution in [0.4, 0.5) is 0 Å². The van der Waals surface area contributed by atoms with Gasteiger partial charge >= 0.3 is 6.08 Å². The topological polar surface area (TPSA) is 64.4 Å². The standard InChI is InChI=1S/C13H16N2O3/c1-8(2)14-12(16)9(3)17-13-15-10-6-4-5-7-11(10)18-13/h4-9H,1-3H3,(H,14,16). The van der Waals surface area contributed by atoms with Crippen molar-refractivity contribution in [1.82, 2.24) is 10.3 Å². The zero-order chi connectivity index (χ0) is 13.1. The van der Waals surface area contributed by atoms with Gasteiger partial charge in [-0.3, -0.25) is 4.79 Å². The number of hydrogen-bond donors (Lipinski definition) is 1. The van der Waals surface area contributed by atoms with Crippen molar-refractivity contribution in [3.05, 3.63) is 24.3 Å². The molecule has 1 unspecified atom stereocenters. The molecule has 1 aromatic heterocycles. The summed E-state index contributed by atoms with van der Waals surface area (Å²) in [5.41, 5.74) is 1.35. The van der Waals surface area contributed by atoms with Crippen LogP contribution in [0.15, 0.2) is 28.7 Å². The molecule has 0 spiro atoms. The Balaban J connectivity index is 2.06. The molecule has 5 nitrogen and oxygen atoms in total. The fourth-order valence-corrected chi connectivity index (χ4v) is 1.51. The summed E-state index contributed by atoms with van der Waals surface area (Å²) in [7, 11) is 0. The molecule has 0 fully saturated rings. The Labute approximate surface area is 105 Å². The lowest BCUT2D eigenvalue weighted by Crippen LogP contribution is -2.40. The van der Waals surface area contributed by atoms with Gasteiger partial charge in [-0.15, -0.1) is 0 Å². The van der Waals surface area contributed by atoms with Crippen LogP contribution in [0.1, 0.15) is 20.8 Å². The number of hydrogen-bond acceptors (Lipinski definition) is 4. The van der Waals surface area contributed by atoms with Gasteiger partial charge in [0, 0.05) is 6.04 Å². The van der Waals surface area contributed by atoms with Gasteiger partial charge in [-0.1, -0.05) is 12.1 Å². The summed E-state index contributed by atoms with van der Waals surface area (Å²) in [5, 5.41) is 2.76. The number of ether oxygens (including phenoxy) is 1. The second kappa shape index (κ2) is 5.08. The SMILES string of the molecule is CC(C)NC(=O)C(C)Oc1nc2ccccc2o1. The van der Waals surface area contributed by atoms with Gasteiger partial charge in [0.05, 0.1) is 0 Å². The largest absolute Gasteiger partial charge is 0.437 e. The van der Waals surface area contributed by atoms with Crippen LogP contribution >= 0.6 is 0 Å². The zero-order valence-electron chi connectivity index (χ0n) is 10.6. The second-order valence-corrected chi connectivity index (χ2v) is 4.37. The highest BCUT2D eigenvalue weighted by Gasteiger charge is 2.18. The minimum atomic E-state index is -0.638. The molecule has 5 heteroatoms. The van der Waals surface area contributed by atoms with Crippen molar-refractivity contribution in [3.8, 4) is 6.08 Å². The van der Waals surface area contributed by atoms with Crippen molar-refractivity contribution >= 4 is 17.0 Å². The monoisotopic (exact) mass is 248 g/mol. The van der Waals surface area contributed by atoms with Crippen LogP contribution in [-0.2, 0) is 4.79 Å². The average molecular weight is 248 g/mol. The van der Waals surface area contributed by atoms with E-state index in [4.69, 9.17) is 9.15 Å². The van der Waals surface area contributed by atoms with Crippen LogP contribution in [0.2, 0.25) is 0 Å². The van der Waals surface area contributed by atoms with Gasteiger partial charge in [0.25, 0.3) is 5.91 Å². The molecule has 0 aliphatic heterocycles. The highest BCUT2D eigenvalue weighted by Crippen LogP contribution is 2.20. The van der Waals surface area contributed by atoms with E-state index in [1.165, 1.54) is 0 Å². The highest BCUT2D eigenvalue weighted by atomic mass is 16.6. The molecule has 0 radical (unpaired) electrons. The van der Waals surface area contributed by atoms with Crippen molar-refractivity contribution in [2.75, 3.05) is 0 Å².